The van der Waals surface area contributed by atoms with Gasteiger partial charge in [-0.3, -0.25) is 0 Å². The van der Waals surface area contributed by atoms with Gasteiger partial charge in [-0.25, -0.2) is 0 Å². The fourth-order valence-electron chi connectivity index (χ4n) is 2.57. The van der Waals surface area contributed by atoms with E-state index < -0.39 is 0 Å². The Morgan fingerprint density at radius 1 is 1.00 bits per heavy atom. The third-order valence-corrected chi connectivity index (χ3v) is 3.35. The molecule has 0 unspecified atom stereocenters. The highest BCUT2D eigenvalue weighted by atomic mass is 15.1. The number of rotatable bonds is 9. The molecule has 1 aromatic carbocycles. The van der Waals surface area contributed by atoms with Gasteiger partial charge in [0.25, 0.3) is 0 Å². The lowest BCUT2D eigenvalue weighted by Crippen LogP contribution is -2.27. The molecule has 0 fully saturated rings. The predicted molar refractivity (Wildman–Crippen MR) is 90.3 cm³/mol. The van der Waals surface area contributed by atoms with Gasteiger partial charge in [-0.1, -0.05) is 26.5 Å². The molecule has 0 bridgehead atoms. The lowest BCUT2D eigenvalue weighted by molar-refractivity contribution is 0.278. The molecule has 2 nitrogen and oxygen atoms in total. The van der Waals surface area contributed by atoms with Crippen LogP contribution in [0.25, 0.3) is 0 Å². The molecule has 0 saturated carbocycles. The van der Waals surface area contributed by atoms with Crippen LogP contribution in [0.1, 0.15) is 44.2 Å². The minimum Gasteiger partial charge on any atom is -0.359 e. The van der Waals surface area contributed by atoms with E-state index in [4.69, 9.17) is 0 Å². The van der Waals surface area contributed by atoms with Crippen molar-refractivity contribution < 1.29 is 0 Å². The van der Waals surface area contributed by atoms with Crippen molar-refractivity contribution in [2.45, 2.75) is 47.0 Å². The third-order valence-electron chi connectivity index (χ3n) is 3.35. The SMILES string of the molecule is C=C(CCN(CCC)CCC)Nc1cc(C)cc(C)c1. The van der Waals surface area contributed by atoms with Gasteiger partial charge < -0.3 is 10.2 Å². The van der Waals surface area contributed by atoms with Crippen LogP contribution in [0.5, 0.6) is 0 Å². The lowest BCUT2D eigenvalue weighted by Gasteiger charge is -2.21. The van der Waals surface area contributed by atoms with Crippen LogP contribution < -0.4 is 5.32 Å². The molecular formula is C18H30N2. The predicted octanol–water partition coefficient (Wildman–Crippen LogP) is 4.74. The van der Waals surface area contributed by atoms with Crippen LogP contribution >= 0.6 is 0 Å². The molecule has 112 valence electrons. The Hall–Kier alpha value is -1.28. The fraction of sp³-hybridized carbons (Fsp3) is 0.556. The van der Waals surface area contributed by atoms with Gasteiger partial charge in [0, 0.05) is 17.9 Å². The van der Waals surface area contributed by atoms with Gasteiger partial charge in [-0.15, -0.1) is 0 Å². The van der Waals surface area contributed by atoms with Gasteiger partial charge in [0.15, 0.2) is 0 Å². The van der Waals surface area contributed by atoms with Gasteiger partial charge in [0.1, 0.15) is 0 Å². The molecule has 0 atom stereocenters. The molecular weight excluding hydrogens is 244 g/mol. The largest absolute Gasteiger partial charge is 0.359 e. The zero-order valence-electron chi connectivity index (χ0n) is 13.6. The number of hydrogen-bond donors (Lipinski definition) is 1. The summed E-state index contributed by atoms with van der Waals surface area (Å²) in [6, 6.07) is 6.54. The number of benzene rings is 1. The molecule has 0 spiro atoms. The average Bonchev–Trinajstić information content (AvgIpc) is 2.35. The molecule has 0 aliphatic rings. The molecule has 1 aromatic rings. The van der Waals surface area contributed by atoms with Crippen molar-refractivity contribution in [2.75, 3.05) is 25.0 Å². The summed E-state index contributed by atoms with van der Waals surface area (Å²) >= 11 is 0. The lowest BCUT2D eigenvalue weighted by atomic mass is 10.1. The first kappa shape index (κ1) is 16.8. The smallest absolute Gasteiger partial charge is 0.0386 e. The first-order chi connectivity index (χ1) is 9.55. The molecule has 0 amide bonds. The number of anilines is 1. The van der Waals surface area contributed by atoms with E-state index in [0.29, 0.717) is 0 Å². The zero-order valence-corrected chi connectivity index (χ0v) is 13.6. The summed E-state index contributed by atoms with van der Waals surface area (Å²) < 4.78 is 0. The maximum absolute atomic E-state index is 4.16. The Balaban J connectivity index is 2.46. The third kappa shape index (κ3) is 6.25. The highest BCUT2D eigenvalue weighted by molar-refractivity contribution is 5.51. The van der Waals surface area contributed by atoms with Crippen LogP contribution in [0.3, 0.4) is 0 Å². The van der Waals surface area contributed by atoms with E-state index in [0.717, 1.165) is 24.4 Å². The molecule has 1 rings (SSSR count). The molecule has 0 radical (unpaired) electrons. The molecule has 0 aliphatic carbocycles. The van der Waals surface area contributed by atoms with Gasteiger partial charge in [0.2, 0.25) is 0 Å². The molecule has 0 heterocycles. The first-order valence-electron chi connectivity index (χ1n) is 7.80. The van der Waals surface area contributed by atoms with E-state index in [9.17, 15) is 0 Å². The number of hydrogen-bond acceptors (Lipinski definition) is 2. The van der Waals surface area contributed by atoms with Crippen LogP contribution in [-0.4, -0.2) is 24.5 Å². The van der Waals surface area contributed by atoms with E-state index in [1.165, 1.54) is 37.1 Å². The van der Waals surface area contributed by atoms with Gasteiger partial charge in [0.05, 0.1) is 0 Å². The molecule has 1 N–H and O–H groups in total. The quantitative estimate of drug-likeness (QED) is 0.699. The maximum Gasteiger partial charge on any atom is 0.0386 e. The Labute approximate surface area is 124 Å². The highest BCUT2D eigenvalue weighted by Gasteiger charge is 2.04. The molecule has 20 heavy (non-hydrogen) atoms. The molecule has 0 aromatic heterocycles. The van der Waals surface area contributed by atoms with Crippen molar-refractivity contribution in [1.29, 1.82) is 0 Å². The van der Waals surface area contributed by atoms with Crippen molar-refractivity contribution in [3.63, 3.8) is 0 Å². The summed E-state index contributed by atoms with van der Waals surface area (Å²) in [5.74, 6) is 0. The average molecular weight is 274 g/mol. The van der Waals surface area contributed by atoms with E-state index >= 15 is 0 Å². The van der Waals surface area contributed by atoms with Crippen LogP contribution in [0.15, 0.2) is 30.5 Å². The topological polar surface area (TPSA) is 15.3 Å². The van der Waals surface area contributed by atoms with E-state index in [2.05, 4.69) is 62.7 Å². The van der Waals surface area contributed by atoms with Crippen molar-refractivity contribution >= 4 is 5.69 Å². The Kier molecular flexibility index (Phi) is 7.38. The van der Waals surface area contributed by atoms with Crippen molar-refractivity contribution in [3.05, 3.63) is 41.6 Å². The van der Waals surface area contributed by atoms with E-state index in [-0.39, 0.29) is 0 Å². The summed E-state index contributed by atoms with van der Waals surface area (Å²) in [5.41, 5.74) is 4.84. The van der Waals surface area contributed by atoms with Crippen molar-refractivity contribution in [2.24, 2.45) is 0 Å². The van der Waals surface area contributed by atoms with Crippen molar-refractivity contribution in [1.82, 2.24) is 4.90 Å². The van der Waals surface area contributed by atoms with Gasteiger partial charge in [-0.05, 0) is 69.5 Å². The monoisotopic (exact) mass is 274 g/mol. The summed E-state index contributed by atoms with van der Waals surface area (Å²) in [6.07, 6.45) is 3.45. The molecule has 0 saturated heterocycles. The second-order valence-electron chi connectivity index (χ2n) is 5.70. The van der Waals surface area contributed by atoms with Gasteiger partial charge >= 0.3 is 0 Å². The van der Waals surface area contributed by atoms with E-state index in [1.807, 2.05) is 0 Å². The number of nitrogens with zero attached hydrogens (tertiary/aromatic N) is 1. The second kappa shape index (κ2) is 8.80. The summed E-state index contributed by atoms with van der Waals surface area (Å²) in [4.78, 5) is 2.52. The Bertz CT molecular complexity index is 397. The zero-order chi connectivity index (χ0) is 15.0. The number of aryl methyl sites for hydroxylation is 2. The summed E-state index contributed by atoms with van der Waals surface area (Å²) in [6.45, 7) is 16.4. The highest BCUT2D eigenvalue weighted by Crippen LogP contribution is 2.16. The maximum atomic E-state index is 4.16. The normalized spacial score (nSPS) is 10.8. The fourth-order valence-corrected chi connectivity index (χ4v) is 2.57. The van der Waals surface area contributed by atoms with Crippen LogP contribution in [0.2, 0.25) is 0 Å². The molecule has 0 aliphatic heterocycles. The van der Waals surface area contributed by atoms with Crippen LogP contribution in [0, 0.1) is 13.8 Å². The Morgan fingerprint density at radius 3 is 2.05 bits per heavy atom. The standard InChI is InChI=1S/C18H30N2/c1-6-9-20(10-7-2)11-8-17(5)19-18-13-15(3)12-16(4)14-18/h12-14,19H,5-11H2,1-4H3. The minimum atomic E-state index is 1.01. The van der Waals surface area contributed by atoms with Crippen LogP contribution in [0.4, 0.5) is 5.69 Å². The Morgan fingerprint density at radius 2 is 1.55 bits per heavy atom. The minimum absolute atomic E-state index is 1.01. The second-order valence-corrected chi connectivity index (χ2v) is 5.70. The van der Waals surface area contributed by atoms with Crippen LogP contribution in [-0.2, 0) is 0 Å². The van der Waals surface area contributed by atoms with Crippen molar-refractivity contribution in [3.8, 4) is 0 Å². The molecule has 2 heteroatoms. The summed E-state index contributed by atoms with van der Waals surface area (Å²) in [5, 5.41) is 3.44. The summed E-state index contributed by atoms with van der Waals surface area (Å²) in [7, 11) is 0. The number of nitrogens with one attached hydrogen (secondary N) is 1. The first-order valence-corrected chi connectivity index (χ1v) is 7.80. The van der Waals surface area contributed by atoms with E-state index in [1.54, 1.807) is 0 Å². The van der Waals surface area contributed by atoms with Gasteiger partial charge in [-0.2, -0.15) is 0 Å².